The fourth-order valence-electron chi connectivity index (χ4n) is 2.09. The molecule has 0 saturated carbocycles. The molecule has 20 heavy (non-hydrogen) atoms. The second-order valence-corrected chi connectivity index (χ2v) is 5.03. The van der Waals surface area contributed by atoms with Crippen molar-refractivity contribution >= 4 is 23.1 Å². The minimum atomic E-state index is 0.671. The van der Waals surface area contributed by atoms with E-state index in [1.807, 2.05) is 42.5 Å². The van der Waals surface area contributed by atoms with E-state index in [-0.39, 0.29) is 0 Å². The number of halogens is 1. The number of para-hydroxylation sites is 2. The number of benzene rings is 2. The van der Waals surface area contributed by atoms with E-state index in [9.17, 15) is 0 Å². The van der Waals surface area contributed by atoms with E-state index in [0.717, 1.165) is 41.6 Å². The lowest BCUT2D eigenvalue weighted by molar-refractivity contribution is 0.484. The summed E-state index contributed by atoms with van der Waals surface area (Å²) in [6.07, 6.45) is 1.03. The van der Waals surface area contributed by atoms with Crippen LogP contribution in [-0.2, 0) is 0 Å². The Labute approximate surface area is 123 Å². The highest BCUT2D eigenvalue weighted by Gasteiger charge is 2.17. The average molecular weight is 287 g/mol. The zero-order chi connectivity index (χ0) is 13.9. The highest BCUT2D eigenvalue weighted by atomic mass is 35.5. The third kappa shape index (κ3) is 2.49. The lowest BCUT2D eigenvalue weighted by Gasteiger charge is -2.11. The summed E-state index contributed by atoms with van der Waals surface area (Å²) in [4.78, 5) is 4.68. The van der Waals surface area contributed by atoms with Gasteiger partial charge in [-0.05, 0) is 36.8 Å². The van der Waals surface area contributed by atoms with Gasteiger partial charge >= 0.3 is 0 Å². The second kappa shape index (κ2) is 5.55. The van der Waals surface area contributed by atoms with E-state index in [4.69, 9.17) is 16.3 Å². The molecule has 102 valence electrons. The number of fused-ring (bicyclic) bond motifs is 2. The fraction of sp³-hybridized carbons (Fsp3) is 0.188. The normalized spacial score (nSPS) is 12.6. The smallest absolute Gasteiger partial charge is 0.153 e. The SMILES string of the molecule is CCCNC1=Nc2ccccc2Oc2ccc(Cl)cc21. The Morgan fingerprint density at radius 2 is 2.00 bits per heavy atom. The first-order chi connectivity index (χ1) is 9.78. The van der Waals surface area contributed by atoms with E-state index in [2.05, 4.69) is 17.2 Å². The van der Waals surface area contributed by atoms with Crippen LogP contribution in [0.2, 0.25) is 5.02 Å². The topological polar surface area (TPSA) is 33.6 Å². The molecule has 3 rings (SSSR count). The van der Waals surface area contributed by atoms with Crippen LogP contribution in [0.25, 0.3) is 0 Å². The first kappa shape index (κ1) is 13.0. The van der Waals surface area contributed by atoms with Gasteiger partial charge in [0, 0.05) is 11.6 Å². The molecule has 1 heterocycles. The van der Waals surface area contributed by atoms with Crippen molar-refractivity contribution in [3.63, 3.8) is 0 Å². The van der Waals surface area contributed by atoms with Crippen LogP contribution in [-0.4, -0.2) is 12.4 Å². The number of hydrogen-bond acceptors (Lipinski definition) is 3. The summed E-state index contributed by atoms with van der Waals surface area (Å²) in [5, 5.41) is 4.02. The fourth-order valence-corrected chi connectivity index (χ4v) is 2.26. The molecule has 0 radical (unpaired) electrons. The maximum Gasteiger partial charge on any atom is 0.153 e. The summed E-state index contributed by atoms with van der Waals surface area (Å²) in [6.45, 7) is 2.97. The van der Waals surface area contributed by atoms with Crippen molar-refractivity contribution in [2.45, 2.75) is 13.3 Å². The molecule has 1 N–H and O–H groups in total. The molecule has 0 bridgehead atoms. The van der Waals surface area contributed by atoms with Crippen LogP contribution in [0.15, 0.2) is 47.5 Å². The van der Waals surface area contributed by atoms with E-state index in [0.29, 0.717) is 5.02 Å². The quantitative estimate of drug-likeness (QED) is 0.880. The highest BCUT2D eigenvalue weighted by Crippen LogP contribution is 2.37. The van der Waals surface area contributed by atoms with Gasteiger partial charge in [0.1, 0.15) is 17.3 Å². The van der Waals surface area contributed by atoms with Crippen molar-refractivity contribution in [1.29, 1.82) is 0 Å². The van der Waals surface area contributed by atoms with E-state index < -0.39 is 0 Å². The third-order valence-corrected chi connectivity index (χ3v) is 3.29. The van der Waals surface area contributed by atoms with Gasteiger partial charge < -0.3 is 10.1 Å². The van der Waals surface area contributed by atoms with Crippen molar-refractivity contribution in [2.75, 3.05) is 6.54 Å². The molecule has 1 aliphatic heterocycles. The molecule has 0 amide bonds. The number of nitrogens with zero attached hydrogens (tertiary/aromatic N) is 1. The summed E-state index contributed by atoms with van der Waals surface area (Å²) >= 11 is 6.10. The van der Waals surface area contributed by atoms with E-state index in [1.165, 1.54) is 0 Å². The molecule has 0 aliphatic carbocycles. The van der Waals surface area contributed by atoms with Crippen LogP contribution < -0.4 is 10.1 Å². The maximum absolute atomic E-state index is 6.10. The Bertz CT molecular complexity index is 667. The van der Waals surface area contributed by atoms with Gasteiger partial charge in [0.15, 0.2) is 5.75 Å². The van der Waals surface area contributed by atoms with Crippen molar-refractivity contribution in [2.24, 2.45) is 4.99 Å². The highest BCUT2D eigenvalue weighted by molar-refractivity contribution is 6.31. The number of amidine groups is 1. The van der Waals surface area contributed by atoms with Gasteiger partial charge in [0.25, 0.3) is 0 Å². The van der Waals surface area contributed by atoms with Gasteiger partial charge in [0.05, 0.1) is 5.56 Å². The van der Waals surface area contributed by atoms with Crippen LogP contribution in [0, 0.1) is 0 Å². The van der Waals surface area contributed by atoms with Crippen LogP contribution in [0.1, 0.15) is 18.9 Å². The van der Waals surface area contributed by atoms with Gasteiger partial charge in [-0.3, -0.25) is 0 Å². The molecule has 0 atom stereocenters. The number of nitrogens with one attached hydrogen (secondary N) is 1. The Kier molecular flexibility index (Phi) is 3.61. The lowest BCUT2D eigenvalue weighted by Crippen LogP contribution is -2.25. The number of ether oxygens (including phenoxy) is 1. The molecular formula is C16H15ClN2O. The summed E-state index contributed by atoms with van der Waals surface area (Å²) in [5.41, 5.74) is 1.71. The molecule has 0 aromatic heterocycles. The number of aliphatic imine (C=N–C) groups is 1. The summed E-state index contributed by atoms with van der Waals surface area (Å²) in [7, 11) is 0. The molecule has 0 saturated heterocycles. The van der Waals surface area contributed by atoms with Crippen LogP contribution in [0.5, 0.6) is 11.5 Å². The van der Waals surface area contributed by atoms with Crippen LogP contribution >= 0.6 is 11.6 Å². The zero-order valence-electron chi connectivity index (χ0n) is 11.2. The van der Waals surface area contributed by atoms with Gasteiger partial charge in [0.2, 0.25) is 0 Å². The number of hydrogen-bond donors (Lipinski definition) is 1. The Morgan fingerprint density at radius 1 is 1.15 bits per heavy atom. The summed E-state index contributed by atoms with van der Waals surface area (Å²) in [6, 6.07) is 13.3. The third-order valence-electron chi connectivity index (χ3n) is 3.06. The molecule has 3 nitrogen and oxygen atoms in total. The standard InChI is InChI=1S/C16H15ClN2O/c1-2-9-18-16-12-10-11(17)7-8-14(12)20-15-6-4-3-5-13(15)19-16/h3-8,10H,2,9H2,1H3,(H,18,19). The Hall–Kier alpha value is -2.00. The minimum absolute atomic E-state index is 0.671. The summed E-state index contributed by atoms with van der Waals surface area (Å²) in [5.74, 6) is 2.32. The molecular weight excluding hydrogens is 272 g/mol. The van der Waals surface area contributed by atoms with E-state index in [1.54, 1.807) is 0 Å². The molecule has 0 spiro atoms. The molecule has 0 fully saturated rings. The lowest BCUT2D eigenvalue weighted by atomic mass is 10.1. The minimum Gasteiger partial charge on any atom is -0.454 e. The van der Waals surface area contributed by atoms with Crippen molar-refractivity contribution in [1.82, 2.24) is 5.32 Å². The van der Waals surface area contributed by atoms with Crippen LogP contribution in [0.3, 0.4) is 0 Å². The van der Waals surface area contributed by atoms with Gasteiger partial charge in [-0.1, -0.05) is 30.7 Å². The van der Waals surface area contributed by atoms with E-state index >= 15 is 0 Å². The molecule has 2 aromatic rings. The predicted octanol–water partition coefficient (Wildman–Crippen LogP) is 4.52. The Morgan fingerprint density at radius 3 is 2.85 bits per heavy atom. The van der Waals surface area contributed by atoms with Crippen molar-refractivity contribution in [3.8, 4) is 11.5 Å². The first-order valence-electron chi connectivity index (χ1n) is 6.67. The summed E-state index contributed by atoms with van der Waals surface area (Å²) < 4.78 is 5.95. The molecule has 0 unspecified atom stereocenters. The predicted molar refractivity (Wildman–Crippen MR) is 82.5 cm³/mol. The average Bonchev–Trinajstić information content (AvgIpc) is 2.61. The maximum atomic E-state index is 6.10. The second-order valence-electron chi connectivity index (χ2n) is 4.60. The molecule has 4 heteroatoms. The van der Waals surface area contributed by atoms with Gasteiger partial charge in [-0.15, -0.1) is 0 Å². The number of rotatable bonds is 2. The molecule has 1 aliphatic rings. The van der Waals surface area contributed by atoms with Gasteiger partial charge in [-0.25, -0.2) is 4.99 Å². The zero-order valence-corrected chi connectivity index (χ0v) is 11.9. The first-order valence-corrected chi connectivity index (χ1v) is 7.05. The largest absolute Gasteiger partial charge is 0.454 e. The monoisotopic (exact) mass is 286 g/mol. The van der Waals surface area contributed by atoms with Crippen molar-refractivity contribution in [3.05, 3.63) is 53.1 Å². The molecule has 2 aromatic carbocycles. The van der Waals surface area contributed by atoms with Gasteiger partial charge in [-0.2, -0.15) is 0 Å². The van der Waals surface area contributed by atoms with Crippen LogP contribution in [0.4, 0.5) is 5.69 Å². The van der Waals surface area contributed by atoms with Crippen molar-refractivity contribution < 1.29 is 4.74 Å². The Balaban J connectivity index is 2.13.